The molecule has 0 bridgehead atoms. The van der Waals surface area contributed by atoms with Gasteiger partial charge in [-0.1, -0.05) is 32.9 Å². The topological polar surface area (TPSA) is 85.4 Å². The molecule has 0 aliphatic carbocycles. The van der Waals surface area contributed by atoms with Crippen LogP contribution in [0.5, 0.6) is 5.75 Å². The Kier molecular flexibility index (Phi) is 6.22. The van der Waals surface area contributed by atoms with Crippen molar-refractivity contribution >= 4 is 39.1 Å². The third-order valence-corrected chi connectivity index (χ3v) is 5.37. The largest absolute Gasteiger partial charge is 0.426 e. The molecule has 0 saturated carbocycles. The Morgan fingerprint density at radius 1 is 1.33 bits per heavy atom. The highest BCUT2D eigenvalue weighted by atomic mass is 32.2. The summed E-state index contributed by atoms with van der Waals surface area (Å²) in [5, 5.41) is 5.05. The van der Waals surface area contributed by atoms with Crippen molar-refractivity contribution in [2.45, 2.75) is 37.5 Å². The molecule has 1 N–H and O–H groups in total. The maximum atomic E-state index is 12.4. The molecule has 24 heavy (non-hydrogen) atoms. The summed E-state index contributed by atoms with van der Waals surface area (Å²) in [4.78, 5) is 28.0. The van der Waals surface area contributed by atoms with Gasteiger partial charge < -0.3 is 4.74 Å². The Morgan fingerprint density at radius 3 is 2.71 bits per heavy atom. The number of ether oxygens (including phenoxy) is 1. The van der Waals surface area contributed by atoms with E-state index in [1.54, 1.807) is 36.6 Å². The first-order valence-corrected chi connectivity index (χ1v) is 9.48. The van der Waals surface area contributed by atoms with Crippen LogP contribution in [0, 0.1) is 0 Å². The molecule has 1 amide bonds. The molecule has 1 aromatic carbocycles. The maximum absolute atomic E-state index is 12.4. The number of hydrogen-bond donors (Lipinski definition) is 1. The number of esters is 1. The average molecular weight is 366 g/mol. The molecule has 0 aliphatic heterocycles. The highest BCUT2D eigenvalue weighted by molar-refractivity contribution is 7.85. The Balaban J connectivity index is 2.16. The van der Waals surface area contributed by atoms with Gasteiger partial charge in [-0.15, -0.1) is 11.3 Å². The highest BCUT2D eigenvalue weighted by Gasteiger charge is 2.17. The summed E-state index contributed by atoms with van der Waals surface area (Å²) in [6, 6.07) is 6.49. The molecule has 0 aliphatic rings. The van der Waals surface area contributed by atoms with Crippen molar-refractivity contribution in [2.24, 2.45) is 0 Å². The van der Waals surface area contributed by atoms with E-state index in [0.29, 0.717) is 10.2 Å². The van der Waals surface area contributed by atoms with Crippen LogP contribution in [0.3, 0.4) is 0 Å². The number of nitrogens with one attached hydrogen (secondary N) is 1. The monoisotopic (exact) mass is 366 g/mol. The third kappa shape index (κ3) is 4.48. The van der Waals surface area contributed by atoms with Gasteiger partial charge in [-0.3, -0.25) is 19.1 Å². The van der Waals surface area contributed by atoms with Gasteiger partial charge >= 0.3 is 5.97 Å². The number of rotatable bonds is 6. The molecular formula is C16H18N2O4S2. The molecule has 1 aromatic heterocycles. The smallest absolute Gasteiger partial charge is 0.310 e. The number of para-hydroxylation sites is 1. The lowest BCUT2D eigenvalue weighted by molar-refractivity contribution is -0.134. The minimum absolute atomic E-state index is 0.0511. The lowest BCUT2D eigenvalue weighted by atomic mass is 10.2. The van der Waals surface area contributed by atoms with E-state index in [2.05, 4.69) is 10.3 Å². The van der Waals surface area contributed by atoms with Crippen molar-refractivity contribution in [1.29, 1.82) is 0 Å². The van der Waals surface area contributed by atoms with E-state index < -0.39 is 22.7 Å². The lowest BCUT2D eigenvalue weighted by Gasteiger charge is -2.08. The van der Waals surface area contributed by atoms with E-state index in [9.17, 15) is 13.8 Å². The third-order valence-electron chi connectivity index (χ3n) is 2.98. The number of nitrogens with zero attached hydrogens (tertiary/aromatic N) is 1. The second kappa shape index (κ2) is 8.16. The van der Waals surface area contributed by atoms with Gasteiger partial charge in [-0.25, -0.2) is 4.98 Å². The second-order valence-electron chi connectivity index (χ2n) is 5.11. The first-order valence-electron chi connectivity index (χ1n) is 7.39. The molecular weight excluding hydrogens is 348 g/mol. The molecule has 0 fully saturated rings. The summed E-state index contributed by atoms with van der Waals surface area (Å²) in [5.41, 5.74) is 0.237. The molecule has 0 saturated heterocycles. The van der Waals surface area contributed by atoms with E-state index in [-0.39, 0.29) is 23.0 Å². The number of hydrogen-bond acceptors (Lipinski definition) is 6. The van der Waals surface area contributed by atoms with Crippen LogP contribution in [0.4, 0.5) is 5.13 Å². The van der Waals surface area contributed by atoms with Crippen LogP contribution in [0.25, 0.3) is 0 Å². The Morgan fingerprint density at radius 2 is 2.04 bits per heavy atom. The van der Waals surface area contributed by atoms with E-state index in [0.717, 1.165) is 0 Å². The Hall–Kier alpha value is -2.06. The van der Waals surface area contributed by atoms with Gasteiger partial charge in [-0.05, 0) is 12.1 Å². The van der Waals surface area contributed by atoms with E-state index in [4.69, 9.17) is 4.74 Å². The predicted molar refractivity (Wildman–Crippen MR) is 94.0 cm³/mol. The quantitative estimate of drug-likeness (QED) is 0.627. The fraction of sp³-hybridized carbons (Fsp3) is 0.312. The molecule has 128 valence electrons. The summed E-state index contributed by atoms with van der Waals surface area (Å²) >= 11 is 1.20. The summed E-state index contributed by atoms with van der Waals surface area (Å²) in [6.07, 6.45) is 0.215. The number of carbonyl (C=O) groups excluding carboxylic acids is 2. The van der Waals surface area contributed by atoms with Crippen molar-refractivity contribution < 1.29 is 18.5 Å². The van der Waals surface area contributed by atoms with Gasteiger partial charge in [-0.2, -0.15) is 0 Å². The average Bonchev–Trinajstić information content (AvgIpc) is 3.02. The highest BCUT2D eigenvalue weighted by Crippen LogP contribution is 2.23. The van der Waals surface area contributed by atoms with Crippen molar-refractivity contribution in [2.75, 3.05) is 5.32 Å². The minimum Gasteiger partial charge on any atom is -0.426 e. The van der Waals surface area contributed by atoms with Crippen LogP contribution in [0.2, 0.25) is 0 Å². The summed E-state index contributed by atoms with van der Waals surface area (Å²) in [5.74, 6) is -0.658. The van der Waals surface area contributed by atoms with Gasteiger partial charge in [0.1, 0.15) is 10.8 Å². The molecule has 1 heterocycles. The summed E-state index contributed by atoms with van der Waals surface area (Å²) in [7, 11) is -1.21. The van der Waals surface area contributed by atoms with Gasteiger partial charge in [0.2, 0.25) is 0 Å². The number of benzene rings is 1. The van der Waals surface area contributed by atoms with Crippen LogP contribution < -0.4 is 10.1 Å². The molecule has 2 rings (SSSR count). The second-order valence-corrected chi connectivity index (χ2v) is 7.93. The van der Waals surface area contributed by atoms with Crippen LogP contribution in [-0.2, 0) is 15.6 Å². The van der Waals surface area contributed by atoms with E-state index >= 15 is 0 Å². The fourth-order valence-electron chi connectivity index (χ4n) is 1.75. The number of thiazole rings is 1. The molecule has 0 spiro atoms. The maximum Gasteiger partial charge on any atom is 0.310 e. The number of carbonyl (C=O) groups is 2. The van der Waals surface area contributed by atoms with Crippen LogP contribution in [0.1, 0.15) is 37.6 Å². The molecule has 8 heteroatoms. The van der Waals surface area contributed by atoms with Gasteiger partial charge in [0.25, 0.3) is 5.91 Å². The zero-order chi connectivity index (χ0) is 17.7. The van der Waals surface area contributed by atoms with Crippen LogP contribution >= 0.6 is 11.3 Å². The van der Waals surface area contributed by atoms with Crippen molar-refractivity contribution in [3.63, 3.8) is 0 Å². The Labute approximate surface area is 146 Å². The zero-order valence-corrected chi connectivity index (χ0v) is 15.2. The summed E-state index contributed by atoms with van der Waals surface area (Å²) in [6.45, 7) is 5.36. The van der Waals surface area contributed by atoms with Crippen molar-refractivity contribution in [3.8, 4) is 5.75 Å². The lowest BCUT2D eigenvalue weighted by Crippen LogP contribution is -2.15. The number of amides is 1. The molecule has 2 aromatic rings. The minimum atomic E-state index is -1.21. The standard InChI is InChI=1S/C16H18N2O4S2/c1-4-14(19)22-12-8-6-5-7-11(12)15(20)18-16-17-13(9-23-16)24(21)10(2)3/h5-10H,4H2,1-3H3,(H,17,18,20). The summed E-state index contributed by atoms with van der Waals surface area (Å²) < 4.78 is 17.2. The number of anilines is 1. The normalized spacial score (nSPS) is 12.0. The van der Waals surface area contributed by atoms with Crippen LogP contribution in [-0.4, -0.2) is 26.3 Å². The zero-order valence-electron chi connectivity index (χ0n) is 13.6. The van der Waals surface area contributed by atoms with Crippen LogP contribution in [0.15, 0.2) is 34.7 Å². The van der Waals surface area contributed by atoms with Gasteiger partial charge in [0.15, 0.2) is 5.13 Å². The van der Waals surface area contributed by atoms with Crippen molar-refractivity contribution in [1.82, 2.24) is 4.98 Å². The fourth-order valence-corrected chi connectivity index (χ4v) is 3.57. The van der Waals surface area contributed by atoms with E-state index in [1.807, 2.05) is 13.8 Å². The number of aromatic nitrogens is 1. The molecule has 6 nitrogen and oxygen atoms in total. The molecule has 1 unspecified atom stereocenters. The van der Waals surface area contributed by atoms with Crippen molar-refractivity contribution in [3.05, 3.63) is 35.2 Å². The van der Waals surface area contributed by atoms with Gasteiger partial charge in [0.05, 0.1) is 16.4 Å². The SMILES string of the molecule is CCC(=O)Oc1ccccc1C(=O)Nc1nc(S(=O)C(C)C)cs1. The van der Waals surface area contributed by atoms with E-state index in [1.165, 1.54) is 11.3 Å². The molecule has 1 atom stereocenters. The van der Waals surface area contributed by atoms with Gasteiger partial charge in [0, 0.05) is 17.1 Å². The predicted octanol–water partition coefficient (Wildman–Crippen LogP) is 3.23. The molecule has 0 radical (unpaired) electrons. The Bertz CT molecular complexity index is 771. The first-order chi connectivity index (χ1) is 11.4. The first kappa shape index (κ1) is 18.3.